The standard InChI is InChI=1S/C25H26N4O6S2/c1-5-36-25-28-24(37-29-25)27-23(30)17(15-26)11-16-12-20(32-3)22(21(13-16)33-4)35-10-9-34-19-8-6-7-18(14-19)31-2/h6-8,11-14H,5,9-10H2,1-4H3,(H,27,28,29,30)/b17-11-. The van der Waals surface area contributed by atoms with E-state index in [2.05, 4.69) is 14.7 Å². The smallest absolute Gasteiger partial charge is 0.268 e. The first kappa shape index (κ1) is 27.6. The van der Waals surface area contributed by atoms with E-state index in [9.17, 15) is 10.1 Å². The van der Waals surface area contributed by atoms with Crippen molar-refractivity contribution in [2.45, 2.75) is 12.1 Å². The zero-order chi connectivity index (χ0) is 26.6. The average molecular weight is 543 g/mol. The Hall–Kier alpha value is -3.95. The Kier molecular flexibility index (Phi) is 10.4. The van der Waals surface area contributed by atoms with E-state index < -0.39 is 5.91 Å². The minimum atomic E-state index is -0.598. The van der Waals surface area contributed by atoms with Crippen LogP contribution in [0.3, 0.4) is 0 Å². The number of methoxy groups -OCH3 is 3. The maximum atomic E-state index is 12.6. The van der Waals surface area contributed by atoms with Crippen molar-refractivity contribution in [2.75, 3.05) is 45.6 Å². The second-order valence-corrected chi connectivity index (χ2v) is 9.05. The molecule has 0 aliphatic carbocycles. The maximum Gasteiger partial charge on any atom is 0.268 e. The van der Waals surface area contributed by atoms with Crippen molar-refractivity contribution in [3.8, 4) is 34.8 Å². The molecule has 0 saturated heterocycles. The van der Waals surface area contributed by atoms with Gasteiger partial charge in [-0.05, 0) is 41.7 Å². The molecule has 0 bridgehead atoms. The molecule has 0 saturated carbocycles. The molecule has 1 heterocycles. The number of amides is 1. The summed E-state index contributed by atoms with van der Waals surface area (Å²) in [5, 5.41) is 13.1. The summed E-state index contributed by atoms with van der Waals surface area (Å²) in [4.78, 5) is 16.9. The number of hydrogen-bond acceptors (Lipinski definition) is 11. The number of anilines is 1. The number of benzene rings is 2. The molecule has 3 aromatic rings. The summed E-state index contributed by atoms with van der Waals surface area (Å²) < 4.78 is 31.9. The molecule has 2 aromatic carbocycles. The first-order chi connectivity index (χ1) is 18.0. The van der Waals surface area contributed by atoms with E-state index in [-0.39, 0.29) is 18.8 Å². The van der Waals surface area contributed by atoms with Crippen LogP contribution in [0, 0.1) is 11.3 Å². The van der Waals surface area contributed by atoms with Crippen LogP contribution in [0.15, 0.2) is 47.1 Å². The van der Waals surface area contributed by atoms with Gasteiger partial charge in [0.25, 0.3) is 5.91 Å². The van der Waals surface area contributed by atoms with Crippen molar-refractivity contribution < 1.29 is 28.5 Å². The van der Waals surface area contributed by atoms with E-state index >= 15 is 0 Å². The fraction of sp³-hybridized carbons (Fsp3) is 0.280. The second-order valence-electron chi connectivity index (χ2n) is 7.07. The molecular formula is C25H26N4O6S2. The van der Waals surface area contributed by atoms with E-state index in [0.717, 1.165) is 17.3 Å². The molecule has 1 N–H and O–H groups in total. The van der Waals surface area contributed by atoms with Crippen LogP contribution >= 0.6 is 23.3 Å². The molecule has 37 heavy (non-hydrogen) atoms. The first-order valence-corrected chi connectivity index (χ1v) is 12.8. The van der Waals surface area contributed by atoms with Crippen LogP contribution in [-0.4, -0.2) is 55.6 Å². The summed E-state index contributed by atoms with van der Waals surface area (Å²) in [5.41, 5.74) is 0.393. The van der Waals surface area contributed by atoms with Crippen LogP contribution in [0.2, 0.25) is 0 Å². The number of nitrogens with one attached hydrogen (secondary N) is 1. The molecule has 194 valence electrons. The number of rotatable bonds is 13. The number of aromatic nitrogens is 2. The van der Waals surface area contributed by atoms with Gasteiger partial charge in [-0.1, -0.05) is 24.8 Å². The monoisotopic (exact) mass is 542 g/mol. The van der Waals surface area contributed by atoms with Crippen molar-refractivity contribution >= 4 is 40.4 Å². The summed E-state index contributed by atoms with van der Waals surface area (Å²) in [6, 6.07) is 12.5. The fourth-order valence-electron chi connectivity index (χ4n) is 3.05. The predicted octanol–water partition coefficient (Wildman–Crippen LogP) is 4.68. The van der Waals surface area contributed by atoms with E-state index in [4.69, 9.17) is 23.7 Å². The Morgan fingerprint density at radius 2 is 1.78 bits per heavy atom. The van der Waals surface area contributed by atoms with Gasteiger partial charge in [-0.2, -0.15) is 14.6 Å². The van der Waals surface area contributed by atoms with Crippen LogP contribution in [0.1, 0.15) is 12.5 Å². The number of ether oxygens (including phenoxy) is 5. The lowest BCUT2D eigenvalue weighted by Gasteiger charge is -2.16. The normalized spacial score (nSPS) is 10.8. The quantitative estimate of drug-likeness (QED) is 0.141. The number of carbonyl (C=O) groups excluding carboxylic acids is 1. The highest BCUT2D eigenvalue weighted by atomic mass is 32.2. The van der Waals surface area contributed by atoms with E-state index in [0.29, 0.717) is 44.6 Å². The Balaban J connectivity index is 1.71. The van der Waals surface area contributed by atoms with Gasteiger partial charge in [0.2, 0.25) is 16.0 Å². The minimum Gasteiger partial charge on any atom is -0.497 e. The lowest BCUT2D eigenvalue weighted by Crippen LogP contribution is -2.13. The minimum absolute atomic E-state index is 0.121. The lowest BCUT2D eigenvalue weighted by molar-refractivity contribution is -0.112. The molecule has 0 aliphatic rings. The molecule has 10 nitrogen and oxygen atoms in total. The highest BCUT2D eigenvalue weighted by Crippen LogP contribution is 2.39. The highest BCUT2D eigenvalue weighted by Gasteiger charge is 2.17. The SMILES string of the molecule is CCSc1nsc(NC(=O)/C(C#N)=C\c2cc(OC)c(OCCOc3cccc(OC)c3)c(OC)c2)n1. The van der Waals surface area contributed by atoms with Crippen LogP contribution < -0.4 is 29.0 Å². The van der Waals surface area contributed by atoms with Gasteiger partial charge in [0, 0.05) is 17.6 Å². The Bertz CT molecular complexity index is 1260. The Morgan fingerprint density at radius 1 is 1.08 bits per heavy atom. The maximum absolute atomic E-state index is 12.6. The van der Waals surface area contributed by atoms with Crippen molar-refractivity contribution in [2.24, 2.45) is 0 Å². The summed E-state index contributed by atoms with van der Waals surface area (Å²) in [6.45, 7) is 2.46. The summed E-state index contributed by atoms with van der Waals surface area (Å²) in [6.07, 6.45) is 1.43. The number of hydrogen-bond donors (Lipinski definition) is 1. The molecule has 3 rings (SSSR count). The van der Waals surface area contributed by atoms with Crippen LogP contribution in [0.4, 0.5) is 5.13 Å². The molecule has 0 unspecified atom stereocenters. The number of carbonyl (C=O) groups is 1. The van der Waals surface area contributed by atoms with Crippen molar-refractivity contribution in [1.82, 2.24) is 9.36 Å². The molecule has 12 heteroatoms. The van der Waals surface area contributed by atoms with Crippen LogP contribution in [-0.2, 0) is 4.79 Å². The van der Waals surface area contributed by atoms with Crippen molar-refractivity contribution in [1.29, 1.82) is 5.26 Å². The van der Waals surface area contributed by atoms with Gasteiger partial charge in [0.15, 0.2) is 11.5 Å². The molecule has 0 spiro atoms. The van der Waals surface area contributed by atoms with Crippen LogP contribution in [0.5, 0.6) is 28.7 Å². The fourth-order valence-corrected chi connectivity index (χ4v) is 4.31. The third kappa shape index (κ3) is 7.77. The van der Waals surface area contributed by atoms with Gasteiger partial charge in [0.1, 0.15) is 36.4 Å². The third-order valence-electron chi connectivity index (χ3n) is 4.70. The van der Waals surface area contributed by atoms with Gasteiger partial charge >= 0.3 is 0 Å². The van der Waals surface area contributed by atoms with Crippen molar-refractivity contribution in [3.63, 3.8) is 0 Å². The number of nitrogens with zero attached hydrogens (tertiary/aromatic N) is 3. The topological polar surface area (TPSA) is 125 Å². The molecule has 0 radical (unpaired) electrons. The average Bonchev–Trinajstić information content (AvgIpc) is 3.36. The molecule has 0 atom stereocenters. The zero-order valence-corrected chi connectivity index (χ0v) is 22.4. The third-order valence-corrected chi connectivity index (χ3v) is 6.18. The predicted molar refractivity (Wildman–Crippen MR) is 142 cm³/mol. The molecule has 1 aromatic heterocycles. The molecule has 0 fully saturated rings. The molecular weight excluding hydrogens is 516 g/mol. The van der Waals surface area contributed by atoms with E-state index in [1.807, 2.05) is 31.2 Å². The van der Waals surface area contributed by atoms with E-state index in [1.54, 1.807) is 25.3 Å². The molecule has 0 aliphatic heterocycles. The van der Waals surface area contributed by atoms with Gasteiger partial charge < -0.3 is 23.7 Å². The van der Waals surface area contributed by atoms with Gasteiger partial charge in [0.05, 0.1) is 21.3 Å². The number of thioether (sulfide) groups is 1. The second kappa shape index (κ2) is 14.0. The van der Waals surface area contributed by atoms with E-state index in [1.165, 1.54) is 32.1 Å². The van der Waals surface area contributed by atoms with Gasteiger partial charge in [-0.15, -0.1) is 0 Å². The summed E-state index contributed by atoms with van der Waals surface area (Å²) in [7, 11) is 4.56. The van der Waals surface area contributed by atoms with Gasteiger partial charge in [-0.25, -0.2) is 0 Å². The highest BCUT2D eigenvalue weighted by molar-refractivity contribution is 7.99. The summed E-state index contributed by atoms with van der Waals surface area (Å²) >= 11 is 2.51. The summed E-state index contributed by atoms with van der Waals surface area (Å²) in [5.74, 6) is 2.67. The largest absolute Gasteiger partial charge is 0.497 e. The Morgan fingerprint density at radius 3 is 2.43 bits per heavy atom. The first-order valence-electron chi connectivity index (χ1n) is 11.1. The van der Waals surface area contributed by atoms with Crippen molar-refractivity contribution in [3.05, 3.63) is 47.5 Å². The zero-order valence-electron chi connectivity index (χ0n) is 20.8. The molecule has 1 amide bonds. The van der Waals surface area contributed by atoms with Crippen LogP contribution in [0.25, 0.3) is 6.08 Å². The Labute approximate surface area is 223 Å². The van der Waals surface area contributed by atoms with Gasteiger partial charge in [-0.3, -0.25) is 10.1 Å². The number of nitriles is 1. The lowest BCUT2D eigenvalue weighted by atomic mass is 10.1.